The summed E-state index contributed by atoms with van der Waals surface area (Å²) < 4.78 is 10.5. The fourth-order valence-electron chi connectivity index (χ4n) is 1.92. The molecular formula is C19H30O3. The van der Waals surface area contributed by atoms with E-state index in [1.807, 2.05) is 52.0 Å². The predicted molar refractivity (Wildman–Crippen MR) is 90.3 cm³/mol. The summed E-state index contributed by atoms with van der Waals surface area (Å²) in [6, 6.07) is 7.69. The third kappa shape index (κ3) is 6.97. The van der Waals surface area contributed by atoms with Crippen LogP contribution in [0.1, 0.15) is 65.9 Å². The van der Waals surface area contributed by atoms with Gasteiger partial charge in [0, 0.05) is 0 Å². The third-order valence-electron chi connectivity index (χ3n) is 3.94. The van der Waals surface area contributed by atoms with Crippen molar-refractivity contribution in [3.8, 4) is 5.75 Å². The van der Waals surface area contributed by atoms with E-state index in [0.29, 0.717) is 5.75 Å². The lowest BCUT2D eigenvalue weighted by molar-refractivity contribution is 0.0163. The van der Waals surface area contributed by atoms with Crippen LogP contribution in [0.15, 0.2) is 24.3 Å². The first-order valence-corrected chi connectivity index (χ1v) is 8.30. The first-order chi connectivity index (χ1) is 10.3. The van der Waals surface area contributed by atoms with Crippen LogP contribution in [0.2, 0.25) is 0 Å². The fourth-order valence-corrected chi connectivity index (χ4v) is 1.92. The molecule has 1 rings (SSSR count). The van der Waals surface area contributed by atoms with Gasteiger partial charge in [0.2, 0.25) is 0 Å². The van der Waals surface area contributed by atoms with Gasteiger partial charge in [-0.25, -0.2) is 4.79 Å². The van der Waals surface area contributed by atoms with Crippen molar-refractivity contribution in [3.05, 3.63) is 29.8 Å². The second-order valence-electron chi connectivity index (χ2n) is 6.93. The van der Waals surface area contributed by atoms with Crippen LogP contribution in [0.4, 0.5) is 4.79 Å². The molecule has 3 heteroatoms. The molecule has 0 N–H and O–H groups in total. The maximum absolute atomic E-state index is 11.8. The SMILES string of the molecule is CCCCCCc1ccc(OC(=O)OC(C)C(C)(C)C)cc1. The zero-order valence-corrected chi connectivity index (χ0v) is 14.6. The van der Waals surface area contributed by atoms with E-state index < -0.39 is 6.16 Å². The Labute approximate surface area is 135 Å². The fraction of sp³-hybridized carbons (Fsp3) is 0.632. The number of hydrogen-bond donors (Lipinski definition) is 0. The van der Waals surface area contributed by atoms with Crippen molar-refractivity contribution in [2.75, 3.05) is 0 Å². The molecule has 3 nitrogen and oxygen atoms in total. The number of unbranched alkanes of at least 4 members (excludes halogenated alkanes) is 3. The molecule has 124 valence electrons. The van der Waals surface area contributed by atoms with Gasteiger partial charge in [0.15, 0.2) is 0 Å². The molecule has 0 spiro atoms. The molecule has 1 aromatic carbocycles. The van der Waals surface area contributed by atoms with Crippen LogP contribution in [-0.2, 0) is 11.2 Å². The summed E-state index contributed by atoms with van der Waals surface area (Å²) in [6.45, 7) is 10.2. The highest BCUT2D eigenvalue weighted by Crippen LogP contribution is 2.22. The van der Waals surface area contributed by atoms with Crippen molar-refractivity contribution in [2.24, 2.45) is 5.41 Å². The van der Waals surface area contributed by atoms with Gasteiger partial charge in [0.05, 0.1) is 0 Å². The van der Waals surface area contributed by atoms with E-state index in [9.17, 15) is 4.79 Å². The molecule has 1 aromatic rings. The van der Waals surface area contributed by atoms with Crippen molar-refractivity contribution < 1.29 is 14.3 Å². The van der Waals surface area contributed by atoms with Crippen LogP contribution in [0.3, 0.4) is 0 Å². The minimum Gasteiger partial charge on any atom is -0.430 e. The summed E-state index contributed by atoms with van der Waals surface area (Å²) in [7, 11) is 0. The van der Waals surface area contributed by atoms with Crippen LogP contribution in [0.5, 0.6) is 5.75 Å². The van der Waals surface area contributed by atoms with Gasteiger partial charge in [0.1, 0.15) is 11.9 Å². The molecule has 0 amide bonds. The summed E-state index contributed by atoms with van der Waals surface area (Å²) in [6.07, 6.45) is 5.26. The Hall–Kier alpha value is -1.51. The first kappa shape index (κ1) is 18.5. The number of rotatable bonds is 7. The molecule has 0 saturated carbocycles. The van der Waals surface area contributed by atoms with E-state index in [0.717, 1.165) is 6.42 Å². The molecule has 0 radical (unpaired) electrons. The normalized spacial score (nSPS) is 12.8. The van der Waals surface area contributed by atoms with Crippen LogP contribution in [0, 0.1) is 5.41 Å². The summed E-state index contributed by atoms with van der Waals surface area (Å²) in [5.41, 5.74) is 1.18. The zero-order chi connectivity index (χ0) is 16.6. The Balaban J connectivity index is 2.42. The molecule has 0 aliphatic rings. The van der Waals surface area contributed by atoms with Crippen LogP contribution < -0.4 is 4.74 Å². The van der Waals surface area contributed by atoms with E-state index in [4.69, 9.17) is 9.47 Å². The minimum atomic E-state index is -0.641. The van der Waals surface area contributed by atoms with E-state index >= 15 is 0 Å². The molecule has 0 heterocycles. The smallest absolute Gasteiger partial charge is 0.430 e. The van der Waals surface area contributed by atoms with E-state index in [1.165, 1.54) is 31.2 Å². The minimum absolute atomic E-state index is 0.0959. The largest absolute Gasteiger partial charge is 0.514 e. The molecule has 1 unspecified atom stereocenters. The Morgan fingerprint density at radius 1 is 1.09 bits per heavy atom. The van der Waals surface area contributed by atoms with E-state index in [-0.39, 0.29) is 11.5 Å². The van der Waals surface area contributed by atoms with E-state index in [2.05, 4.69) is 6.92 Å². The highest BCUT2D eigenvalue weighted by Gasteiger charge is 2.24. The lowest BCUT2D eigenvalue weighted by Crippen LogP contribution is -2.29. The average Bonchev–Trinajstić information content (AvgIpc) is 2.44. The number of ether oxygens (including phenoxy) is 2. The second-order valence-corrected chi connectivity index (χ2v) is 6.93. The molecule has 22 heavy (non-hydrogen) atoms. The van der Waals surface area contributed by atoms with Crippen LogP contribution in [0.25, 0.3) is 0 Å². The Kier molecular flexibility index (Phi) is 7.43. The van der Waals surface area contributed by atoms with Crippen molar-refractivity contribution in [1.82, 2.24) is 0 Å². The predicted octanol–water partition coefficient (Wildman–Crippen LogP) is 5.76. The number of aryl methyl sites for hydroxylation is 1. The van der Waals surface area contributed by atoms with Gasteiger partial charge in [-0.05, 0) is 42.9 Å². The van der Waals surface area contributed by atoms with Gasteiger partial charge in [-0.15, -0.1) is 0 Å². The number of carbonyl (C=O) groups excluding carboxylic acids is 1. The van der Waals surface area contributed by atoms with E-state index in [1.54, 1.807) is 0 Å². The molecule has 0 aliphatic carbocycles. The molecule has 0 fully saturated rings. The van der Waals surface area contributed by atoms with Crippen molar-refractivity contribution in [1.29, 1.82) is 0 Å². The zero-order valence-electron chi connectivity index (χ0n) is 14.6. The number of hydrogen-bond acceptors (Lipinski definition) is 3. The molecular weight excluding hydrogens is 276 g/mol. The molecule has 1 atom stereocenters. The first-order valence-electron chi connectivity index (χ1n) is 8.30. The van der Waals surface area contributed by atoms with Crippen LogP contribution in [-0.4, -0.2) is 12.3 Å². The Bertz CT molecular complexity index is 443. The van der Waals surface area contributed by atoms with Crippen molar-refractivity contribution >= 4 is 6.16 Å². The third-order valence-corrected chi connectivity index (χ3v) is 3.94. The highest BCUT2D eigenvalue weighted by atomic mass is 16.7. The number of benzene rings is 1. The molecule has 0 aromatic heterocycles. The second kappa shape index (κ2) is 8.82. The van der Waals surface area contributed by atoms with Gasteiger partial charge < -0.3 is 9.47 Å². The Morgan fingerprint density at radius 3 is 2.27 bits per heavy atom. The monoisotopic (exact) mass is 306 g/mol. The quantitative estimate of drug-likeness (QED) is 0.365. The van der Waals surface area contributed by atoms with Crippen molar-refractivity contribution in [3.63, 3.8) is 0 Å². The average molecular weight is 306 g/mol. The maximum atomic E-state index is 11.8. The van der Waals surface area contributed by atoms with Crippen molar-refractivity contribution in [2.45, 2.75) is 72.8 Å². The lowest BCUT2D eigenvalue weighted by atomic mass is 9.90. The van der Waals surface area contributed by atoms with Gasteiger partial charge in [-0.1, -0.05) is 59.1 Å². The van der Waals surface area contributed by atoms with Gasteiger partial charge in [-0.2, -0.15) is 0 Å². The summed E-state index contributed by atoms with van der Waals surface area (Å²) in [5.74, 6) is 0.531. The summed E-state index contributed by atoms with van der Waals surface area (Å²) in [5, 5.41) is 0. The highest BCUT2D eigenvalue weighted by molar-refractivity contribution is 5.64. The lowest BCUT2D eigenvalue weighted by Gasteiger charge is -2.26. The maximum Gasteiger partial charge on any atom is 0.514 e. The molecule has 0 bridgehead atoms. The summed E-state index contributed by atoms with van der Waals surface area (Å²) in [4.78, 5) is 11.8. The van der Waals surface area contributed by atoms with Crippen LogP contribution >= 0.6 is 0 Å². The van der Waals surface area contributed by atoms with Gasteiger partial charge >= 0.3 is 6.16 Å². The van der Waals surface area contributed by atoms with Gasteiger partial charge in [-0.3, -0.25) is 0 Å². The van der Waals surface area contributed by atoms with Gasteiger partial charge in [0.25, 0.3) is 0 Å². The Morgan fingerprint density at radius 2 is 1.73 bits per heavy atom. The molecule has 0 aliphatic heterocycles. The topological polar surface area (TPSA) is 35.5 Å². The summed E-state index contributed by atoms with van der Waals surface area (Å²) >= 11 is 0. The standard InChI is InChI=1S/C19H30O3/c1-6-7-8-9-10-16-11-13-17(14-12-16)22-18(20)21-15(2)19(3,4)5/h11-15H,6-10H2,1-5H3. The number of carbonyl (C=O) groups is 1. The molecule has 0 saturated heterocycles.